The second kappa shape index (κ2) is 9.93. The molecule has 0 atom stereocenters. The molecule has 1 aromatic heterocycles. The first kappa shape index (κ1) is 22.5. The van der Waals surface area contributed by atoms with E-state index in [4.69, 9.17) is 13.9 Å². The molecule has 0 aliphatic carbocycles. The van der Waals surface area contributed by atoms with E-state index in [1.165, 1.54) is 0 Å². The van der Waals surface area contributed by atoms with Crippen molar-refractivity contribution >= 4 is 11.6 Å². The molecular weight excluding hydrogens is 442 g/mol. The lowest BCUT2D eigenvalue weighted by Gasteiger charge is -2.36. The van der Waals surface area contributed by atoms with Crippen molar-refractivity contribution in [3.63, 3.8) is 0 Å². The molecule has 3 aromatic carbocycles. The van der Waals surface area contributed by atoms with Gasteiger partial charge < -0.3 is 23.7 Å². The average molecular weight is 470 g/mol. The second-order valence-corrected chi connectivity index (χ2v) is 8.26. The summed E-state index contributed by atoms with van der Waals surface area (Å²) in [6.45, 7) is 2.69. The van der Waals surface area contributed by atoms with Gasteiger partial charge in [0, 0.05) is 37.3 Å². The van der Waals surface area contributed by atoms with Crippen molar-refractivity contribution in [2.45, 2.75) is 0 Å². The first-order valence-electron chi connectivity index (χ1n) is 11.5. The van der Waals surface area contributed by atoms with Gasteiger partial charge in [-0.2, -0.15) is 0 Å². The third kappa shape index (κ3) is 4.57. The van der Waals surface area contributed by atoms with Gasteiger partial charge in [0.1, 0.15) is 11.5 Å². The van der Waals surface area contributed by atoms with Crippen molar-refractivity contribution in [1.82, 2.24) is 9.88 Å². The van der Waals surface area contributed by atoms with Crippen LogP contribution in [0.15, 0.2) is 83.4 Å². The van der Waals surface area contributed by atoms with Crippen molar-refractivity contribution in [2.24, 2.45) is 0 Å². The van der Waals surface area contributed by atoms with E-state index in [9.17, 15) is 4.79 Å². The molecule has 0 saturated carbocycles. The third-order valence-electron chi connectivity index (χ3n) is 6.24. The van der Waals surface area contributed by atoms with E-state index in [0.717, 1.165) is 35.8 Å². The number of rotatable bonds is 6. The first-order valence-corrected chi connectivity index (χ1v) is 11.5. The highest BCUT2D eigenvalue weighted by Gasteiger charge is 2.26. The average Bonchev–Trinajstić information content (AvgIpc) is 3.43. The van der Waals surface area contributed by atoms with Crippen molar-refractivity contribution < 1.29 is 18.7 Å². The van der Waals surface area contributed by atoms with E-state index >= 15 is 0 Å². The number of methoxy groups -OCH3 is 2. The Morgan fingerprint density at radius 3 is 2.46 bits per heavy atom. The molecular formula is C28H27N3O4. The number of aromatic nitrogens is 1. The molecule has 1 saturated heterocycles. The highest BCUT2D eigenvalue weighted by molar-refractivity contribution is 6.00. The Labute approximate surface area is 204 Å². The van der Waals surface area contributed by atoms with Crippen LogP contribution in [0.5, 0.6) is 11.5 Å². The zero-order valence-corrected chi connectivity index (χ0v) is 19.8. The van der Waals surface area contributed by atoms with E-state index in [1.54, 1.807) is 20.4 Å². The van der Waals surface area contributed by atoms with Crippen LogP contribution in [0, 0.1) is 0 Å². The summed E-state index contributed by atoms with van der Waals surface area (Å²) in [6, 6.07) is 23.0. The molecule has 35 heavy (non-hydrogen) atoms. The van der Waals surface area contributed by atoms with Gasteiger partial charge in [0.05, 0.1) is 31.7 Å². The van der Waals surface area contributed by atoms with Crippen molar-refractivity contribution in [2.75, 3.05) is 45.3 Å². The smallest absolute Gasteiger partial charge is 0.254 e. The van der Waals surface area contributed by atoms with Gasteiger partial charge in [-0.1, -0.05) is 36.4 Å². The molecule has 1 fully saturated rings. The highest BCUT2D eigenvalue weighted by Crippen LogP contribution is 2.31. The van der Waals surface area contributed by atoms with Crippen LogP contribution >= 0.6 is 0 Å². The Morgan fingerprint density at radius 1 is 0.886 bits per heavy atom. The zero-order chi connectivity index (χ0) is 24.2. The maximum Gasteiger partial charge on any atom is 0.254 e. The van der Waals surface area contributed by atoms with E-state index in [1.807, 2.05) is 77.7 Å². The molecule has 1 aliphatic rings. The van der Waals surface area contributed by atoms with Gasteiger partial charge in [0.15, 0.2) is 5.76 Å². The van der Waals surface area contributed by atoms with Crippen LogP contribution in [0.2, 0.25) is 0 Å². The molecule has 0 unspecified atom stereocenters. The summed E-state index contributed by atoms with van der Waals surface area (Å²) in [5, 5.41) is 0. The Balaban J connectivity index is 1.34. The number of carbonyl (C=O) groups excluding carboxylic acids is 1. The Hall–Kier alpha value is -4.26. The van der Waals surface area contributed by atoms with Crippen molar-refractivity contribution in [3.05, 3.63) is 84.6 Å². The van der Waals surface area contributed by atoms with Crippen LogP contribution in [0.3, 0.4) is 0 Å². The Kier molecular flexibility index (Phi) is 6.39. The molecule has 7 nitrogen and oxygen atoms in total. The zero-order valence-electron chi connectivity index (χ0n) is 19.8. The topological polar surface area (TPSA) is 68.0 Å². The molecule has 1 aliphatic heterocycles. The number of ether oxygens (including phenoxy) is 2. The summed E-state index contributed by atoms with van der Waals surface area (Å²) in [5.74, 6) is 2.59. The standard InChI is InChI=1S/C28H27N3O4/c1-33-21-9-7-8-20(18-21)26-19-29-27(35-26)22-10-3-4-11-23(22)28(32)31-16-14-30(15-17-31)24-12-5-6-13-25(24)34-2/h3-13,18-19H,14-17H2,1-2H3. The summed E-state index contributed by atoms with van der Waals surface area (Å²) in [7, 11) is 3.31. The lowest BCUT2D eigenvalue weighted by Crippen LogP contribution is -2.49. The molecule has 0 spiro atoms. The minimum atomic E-state index is -0.0265. The molecule has 1 amide bonds. The summed E-state index contributed by atoms with van der Waals surface area (Å²) in [5.41, 5.74) is 3.17. The van der Waals surface area contributed by atoms with E-state index in [2.05, 4.69) is 9.88 Å². The predicted octanol–water partition coefficient (Wildman–Crippen LogP) is 4.99. The number of nitrogens with zero attached hydrogens (tertiary/aromatic N) is 3. The van der Waals surface area contributed by atoms with Crippen LogP contribution in [0.25, 0.3) is 22.8 Å². The summed E-state index contributed by atoms with van der Waals surface area (Å²) < 4.78 is 16.9. The van der Waals surface area contributed by atoms with Crippen molar-refractivity contribution in [3.8, 4) is 34.3 Å². The minimum absolute atomic E-state index is 0.0265. The van der Waals surface area contributed by atoms with Gasteiger partial charge in [-0.05, 0) is 36.4 Å². The number of para-hydroxylation sites is 2. The number of benzene rings is 3. The summed E-state index contributed by atoms with van der Waals surface area (Å²) >= 11 is 0. The summed E-state index contributed by atoms with van der Waals surface area (Å²) in [6.07, 6.45) is 1.68. The van der Waals surface area contributed by atoms with Gasteiger partial charge in [0.2, 0.25) is 5.89 Å². The SMILES string of the molecule is COc1cccc(-c2cnc(-c3ccccc3C(=O)N3CCN(c4ccccc4OC)CC3)o2)c1. The number of hydrogen-bond acceptors (Lipinski definition) is 6. The van der Waals surface area contributed by atoms with E-state index in [0.29, 0.717) is 35.9 Å². The van der Waals surface area contributed by atoms with Crippen LogP contribution in [-0.4, -0.2) is 56.2 Å². The lowest BCUT2D eigenvalue weighted by atomic mass is 10.1. The number of piperazine rings is 1. The fraction of sp³-hybridized carbons (Fsp3) is 0.214. The van der Waals surface area contributed by atoms with E-state index < -0.39 is 0 Å². The summed E-state index contributed by atoms with van der Waals surface area (Å²) in [4.78, 5) is 22.1. The monoisotopic (exact) mass is 469 g/mol. The first-order chi connectivity index (χ1) is 17.2. The van der Waals surface area contributed by atoms with Crippen LogP contribution in [0.1, 0.15) is 10.4 Å². The molecule has 178 valence electrons. The quantitative estimate of drug-likeness (QED) is 0.396. The van der Waals surface area contributed by atoms with Gasteiger partial charge in [-0.25, -0.2) is 4.98 Å². The molecule has 0 radical (unpaired) electrons. The molecule has 5 rings (SSSR count). The van der Waals surface area contributed by atoms with Gasteiger partial charge in [-0.3, -0.25) is 4.79 Å². The lowest BCUT2D eigenvalue weighted by molar-refractivity contribution is 0.0747. The normalized spacial score (nSPS) is 13.5. The molecule has 7 heteroatoms. The number of amides is 1. The van der Waals surface area contributed by atoms with Gasteiger partial charge in [-0.15, -0.1) is 0 Å². The highest BCUT2D eigenvalue weighted by atomic mass is 16.5. The number of oxazole rings is 1. The fourth-order valence-corrected chi connectivity index (χ4v) is 4.38. The maximum atomic E-state index is 13.5. The third-order valence-corrected chi connectivity index (χ3v) is 6.24. The van der Waals surface area contributed by atoms with Crippen molar-refractivity contribution in [1.29, 1.82) is 0 Å². The van der Waals surface area contributed by atoms with Gasteiger partial charge in [0.25, 0.3) is 5.91 Å². The molecule has 0 N–H and O–H groups in total. The predicted molar refractivity (Wildman–Crippen MR) is 135 cm³/mol. The Morgan fingerprint density at radius 2 is 1.66 bits per heavy atom. The molecule has 2 heterocycles. The maximum absolute atomic E-state index is 13.5. The second-order valence-electron chi connectivity index (χ2n) is 8.26. The largest absolute Gasteiger partial charge is 0.497 e. The fourth-order valence-electron chi connectivity index (χ4n) is 4.38. The van der Waals surface area contributed by atoms with Crippen LogP contribution < -0.4 is 14.4 Å². The number of anilines is 1. The van der Waals surface area contributed by atoms with Gasteiger partial charge >= 0.3 is 0 Å². The van der Waals surface area contributed by atoms with E-state index in [-0.39, 0.29) is 5.91 Å². The molecule has 4 aromatic rings. The molecule has 0 bridgehead atoms. The number of hydrogen-bond donors (Lipinski definition) is 0. The minimum Gasteiger partial charge on any atom is -0.497 e. The van der Waals surface area contributed by atoms with Crippen LogP contribution in [0.4, 0.5) is 5.69 Å². The Bertz CT molecular complexity index is 1330. The number of carbonyl (C=O) groups is 1. The van der Waals surface area contributed by atoms with Crippen LogP contribution in [-0.2, 0) is 0 Å².